The summed E-state index contributed by atoms with van der Waals surface area (Å²) in [6.45, 7) is -0.120. The Hall–Kier alpha value is -2.23. The van der Waals surface area contributed by atoms with Gasteiger partial charge in [0.15, 0.2) is 0 Å². The van der Waals surface area contributed by atoms with Gasteiger partial charge in [-0.25, -0.2) is 0 Å². The van der Waals surface area contributed by atoms with Crippen molar-refractivity contribution in [3.05, 3.63) is 53.5 Å². The van der Waals surface area contributed by atoms with Crippen molar-refractivity contribution in [2.24, 2.45) is 5.73 Å². The summed E-state index contributed by atoms with van der Waals surface area (Å²) in [5.41, 5.74) is 4.86. The Morgan fingerprint density at radius 2 is 1.96 bits per heavy atom. The number of nitrogens with one attached hydrogen (secondary N) is 1. The van der Waals surface area contributed by atoms with E-state index in [0.29, 0.717) is 5.76 Å². The highest BCUT2D eigenvalue weighted by atomic mass is 35.5. The van der Waals surface area contributed by atoms with Gasteiger partial charge in [0.05, 0.1) is 17.7 Å². The molecule has 0 bridgehead atoms. The highest BCUT2D eigenvalue weighted by Gasteiger charge is 2.30. The van der Waals surface area contributed by atoms with Crippen LogP contribution in [0.3, 0.4) is 0 Å². The Morgan fingerprint density at radius 3 is 2.50 bits per heavy atom. The molecule has 1 unspecified atom stereocenters. The lowest BCUT2D eigenvalue weighted by Gasteiger charge is -2.13. The van der Waals surface area contributed by atoms with Gasteiger partial charge in [-0.3, -0.25) is 4.79 Å². The van der Waals surface area contributed by atoms with E-state index in [9.17, 15) is 23.1 Å². The molecule has 1 atom stereocenters. The number of ether oxygens (including phenoxy) is 1. The predicted octanol–water partition coefficient (Wildman–Crippen LogP) is 2.35. The molecular weight excluding hydrogens is 377 g/mol. The number of aliphatic hydroxyl groups is 1. The number of amides is 1. The zero-order chi connectivity index (χ0) is 18.4. The van der Waals surface area contributed by atoms with Gasteiger partial charge in [-0.15, -0.1) is 12.4 Å². The number of hydrogen-bond acceptors (Lipinski definition) is 5. The third-order valence-corrected chi connectivity index (χ3v) is 3.24. The molecule has 1 heterocycles. The van der Waals surface area contributed by atoms with Crippen LogP contribution in [-0.2, 0) is 12.7 Å². The Bertz CT molecular complexity index is 704. The van der Waals surface area contributed by atoms with Gasteiger partial charge < -0.3 is 25.3 Å². The van der Waals surface area contributed by atoms with Gasteiger partial charge in [0.25, 0.3) is 5.91 Å². The maximum Gasteiger partial charge on any atom is 0.416 e. The fraction of sp³-hybridized carbons (Fsp3) is 0.312. The van der Waals surface area contributed by atoms with Crippen molar-refractivity contribution in [2.75, 3.05) is 13.2 Å². The lowest BCUT2D eigenvalue weighted by molar-refractivity contribution is -0.137. The summed E-state index contributed by atoms with van der Waals surface area (Å²) in [4.78, 5) is 11.8. The van der Waals surface area contributed by atoms with Gasteiger partial charge >= 0.3 is 6.18 Å². The number of carbonyl (C=O) groups is 1. The summed E-state index contributed by atoms with van der Waals surface area (Å²) in [5, 5.41) is 12.3. The fourth-order valence-corrected chi connectivity index (χ4v) is 1.91. The van der Waals surface area contributed by atoms with Crippen LogP contribution in [0.15, 0.2) is 41.0 Å². The van der Waals surface area contributed by atoms with Crippen LogP contribution >= 0.6 is 12.4 Å². The summed E-state index contributed by atoms with van der Waals surface area (Å²) in [7, 11) is 0. The zero-order valence-corrected chi connectivity index (χ0v) is 14.3. The highest BCUT2D eigenvalue weighted by molar-refractivity contribution is 5.93. The molecule has 4 N–H and O–H groups in total. The van der Waals surface area contributed by atoms with Crippen LogP contribution in [0.2, 0.25) is 0 Å². The second kappa shape index (κ2) is 9.46. The highest BCUT2D eigenvalue weighted by Crippen LogP contribution is 2.30. The average Bonchev–Trinajstić information content (AvgIpc) is 3.06. The second-order valence-electron chi connectivity index (χ2n) is 5.20. The fourth-order valence-electron chi connectivity index (χ4n) is 1.91. The van der Waals surface area contributed by atoms with Crippen LogP contribution in [0.25, 0.3) is 0 Å². The van der Waals surface area contributed by atoms with Gasteiger partial charge in [0.1, 0.15) is 30.5 Å². The molecule has 10 heteroatoms. The molecule has 144 valence electrons. The molecule has 2 aromatic rings. The van der Waals surface area contributed by atoms with Gasteiger partial charge in [0, 0.05) is 6.54 Å². The minimum absolute atomic E-state index is 0. The minimum atomic E-state index is -4.42. The summed E-state index contributed by atoms with van der Waals surface area (Å²) < 4.78 is 47.5. The number of halogens is 4. The number of benzene rings is 1. The van der Waals surface area contributed by atoms with E-state index < -0.39 is 23.8 Å². The average molecular weight is 395 g/mol. The molecule has 0 aliphatic heterocycles. The molecule has 0 spiro atoms. The van der Waals surface area contributed by atoms with Crippen LogP contribution < -0.4 is 15.8 Å². The summed E-state index contributed by atoms with van der Waals surface area (Å²) in [6, 6.07) is 5.58. The molecule has 1 amide bonds. The van der Waals surface area contributed by atoms with E-state index in [0.717, 1.165) is 24.3 Å². The van der Waals surface area contributed by atoms with Crippen LogP contribution in [-0.4, -0.2) is 30.3 Å². The molecule has 6 nitrogen and oxygen atoms in total. The first kappa shape index (κ1) is 21.8. The van der Waals surface area contributed by atoms with Crippen molar-refractivity contribution in [1.29, 1.82) is 0 Å². The SMILES string of the molecule is Cl.NCc1cc(C(=O)NCC(O)COc2ccc(C(F)(F)F)cc2)co1. The van der Waals surface area contributed by atoms with E-state index in [1.54, 1.807) is 0 Å². The van der Waals surface area contributed by atoms with E-state index in [1.165, 1.54) is 12.3 Å². The van der Waals surface area contributed by atoms with Crippen LogP contribution in [0.4, 0.5) is 13.2 Å². The van der Waals surface area contributed by atoms with Crippen LogP contribution in [0.1, 0.15) is 21.7 Å². The van der Waals surface area contributed by atoms with E-state index in [-0.39, 0.29) is 43.4 Å². The van der Waals surface area contributed by atoms with Gasteiger partial charge in [-0.1, -0.05) is 0 Å². The summed E-state index contributed by atoms with van der Waals surface area (Å²) in [6.07, 6.45) is -4.20. The molecule has 0 aliphatic rings. The van der Waals surface area contributed by atoms with Crippen molar-refractivity contribution in [1.82, 2.24) is 5.32 Å². The Kier molecular flexibility index (Phi) is 7.94. The lowest BCUT2D eigenvalue weighted by atomic mass is 10.2. The topological polar surface area (TPSA) is 97.7 Å². The predicted molar refractivity (Wildman–Crippen MR) is 89.1 cm³/mol. The Labute approximate surface area is 153 Å². The van der Waals surface area contributed by atoms with Crippen molar-refractivity contribution >= 4 is 18.3 Å². The molecule has 0 saturated carbocycles. The van der Waals surface area contributed by atoms with Crippen LogP contribution in [0, 0.1) is 0 Å². The standard InChI is InChI=1S/C16H17F3N2O4.ClH/c17-16(18,19)11-1-3-13(4-2-11)25-9-12(22)7-21-15(23)10-5-14(6-20)24-8-10;/h1-5,8,12,22H,6-7,9,20H2,(H,21,23);1H. The maximum absolute atomic E-state index is 12.4. The van der Waals surface area contributed by atoms with Crippen molar-refractivity contribution in [2.45, 2.75) is 18.8 Å². The normalized spacial score (nSPS) is 12.2. The van der Waals surface area contributed by atoms with Crippen molar-refractivity contribution in [3.8, 4) is 5.75 Å². The molecule has 0 saturated heterocycles. The molecule has 2 rings (SSSR count). The lowest BCUT2D eigenvalue weighted by Crippen LogP contribution is -2.35. The van der Waals surface area contributed by atoms with E-state index in [4.69, 9.17) is 14.9 Å². The number of furan rings is 1. The maximum atomic E-state index is 12.4. The minimum Gasteiger partial charge on any atom is -0.491 e. The first-order chi connectivity index (χ1) is 11.8. The van der Waals surface area contributed by atoms with Crippen molar-refractivity contribution < 1.29 is 32.2 Å². The molecule has 0 fully saturated rings. The number of alkyl halides is 3. The zero-order valence-electron chi connectivity index (χ0n) is 13.5. The summed E-state index contributed by atoms with van der Waals surface area (Å²) >= 11 is 0. The number of nitrogens with two attached hydrogens (primary N) is 1. The first-order valence-corrected chi connectivity index (χ1v) is 7.33. The largest absolute Gasteiger partial charge is 0.491 e. The number of hydrogen-bond donors (Lipinski definition) is 3. The van der Waals surface area contributed by atoms with Crippen molar-refractivity contribution in [3.63, 3.8) is 0 Å². The quantitative estimate of drug-likeness (QED) is 0.669. The second-order valence-corrected chi connectivity index (χ2v) is 5.20. The molecule has 1 aromatic carbocycles. The molecule has 1 aromatic heterocycles. The molecule has 26 heavy (non-hydrogen) atoms. The summed E-state index contributed by atoms with van der Waals surface area (Å²) in [5.74, 6) is 0.189. The first-order valence-electron chi connectivity index (χ1n) is 7.33. The molecule has 0 radical (unpaired) electrons. The third-order valence-electron chi connectivity index (χ3n) is 3.24. The van der Waals surface area contributed by atoms with Gasteiger partial charge in [0.2, 0.25) is 0 Å². The van der Waals surface area contributed by atoms with Gasteiger partial charge in [-0.05, 0) is 30.3 Å². The Morgan fingerprint density at radius 1 is 1.31 bits per heavy atom. The number of aliphatic hydroxyl groups excluding tert-OH is 1. The number of rotatable bonds is 7. The van der Waals surface area contributed by atoms with E-state index in [2.05, 4.69) is 5.32 Å². The molecule has 0 aliphatic carbocycles. The third kappa shape index (κ3) is 6.25. The monoisotopic (exact) mass is 394 g/mol. The van der Waals surface area contributed by atoms with E-state index in [1.807, 2.05) is 0 Å². The number of carbonyl (C=O) groups excluding carboxylic acids is 1. The van der Waals surface area contributed by atoms with Gasteiger partial charge in [-0.2, -0.15) is 13.2 Å². The smallest absolute Gasteiger partial charge is 0.416 e. The van der Waals surface area contributed by atoms with Crippen LogP contribution in [0.5, 0.6) is 5.75 Å². The van der Waals surface area contributed by atoms with E-state index >= 15 is 0 Å². The Balaban J connectivity index is 0.00000338. The molecular formula is C16H18ClF3N2O4.